The van der Waals surface area contributed by atoms with Gasteiger partial charge in [-0.25, -0.2) is 9.78 Å². The minimum absolute atomic E-state index is 0.216. The molecular weight excluding hydrogens is 248 g/mol. The number of ether oxygens (including phenoxy) is 1. The van der Waals surface area contributed by atoms with Crippen molar-refractivity contribution in [3.63, 3.8) is 0 Å². The molecule has 2 rings (SSSR count). The topological polar surface area (TPSA) is 92.3 Å². The van der Waals surface area contributed by atoms with E-state index in [0.717, 1.165) is 6.07 Å². The third-order valence-corrected chi connectivity index (χ3v) is 2.40. The first-order valence-corrected chi connectivity index (χ1v) is 5.68. The fourth-order valence-electron chi connectivity index (χ4n) is 1.58. The van der Waals surface area contributed by atoms with E-state index >= 15 is 0 Å². The van der Waals surface area contributed by atoms with Gasteiger partial charge in [-0.1, -0.05) is 0 Å². The molecule has 0 amide bonds. The van der Waals surface area contributed by atoms with Crippen molar-refractivity contribution in [2.45, 2.75) is 6.92 Å². The zero-order valence-corrected chi connectivity index (χ0v) is 10.2. The molecule has 0 bridgehead atoms. The van der Waals surface area contributed by atoms with Gasteiger partial charge in [-0.2, -0.15) is 0 Å². The lowest BCUT2D eigenvalue weighted by Gasteiger charge is -2.05. The molecule has 0 atom stereocenters. The number of H-pyrrole nitrogens is 1. The summed E-state index contributed by atoms with van der Waals surface area (Å²) in [7, 11) is 0. The Morgan fingerprint density at radius 3 is 2.63 bits per heavy atom. The van der Waals surface area contributed by atoms with Crippen LogP contribution >= 0.6 is 0 Å². The van der Waals surface area contributed by atoms with Gasteiger partial charge in [0.15, 0.2) is 5.69 Å². The minimum Gasteiger partial charge on any atom is -0.494 e. The van der Waals surface area contributed by atoms with E-state index in [9.17, 15) is 9.59 Å². The van der Waals surface area contributed by atoms with Gasteiger partial charge in [-0.15, -0.1) is 0 Å². The minimum atomic E-state index is -1.24. The van der Waals surface area contributed by atoms with Crippen LogP contribution in [0, 0.1) is 0 Å². The summed E-state index contributed by atoms with van der Waals surface area (Å²) in [5.74, 6) is -0.325. The molecular formula is C13H12N2O4. The zero-order valence-electron chi connectivity index (χ0n) is 10.2. The van der Waals surface area contributed by atoms with Crippen molar-refractivity contribution < 1.29 is 14.6 Å². The Hall–Kier alpha value is -2.63. The van der Waals surface area contributed by atoms with Gasteiger partial charge in [0, 0.05) is 11.6 Å². The summed E-state index contributed by atoms with van der Waals surface area (Å²) < 4.78 is 5.30. The van der Waals surface area contributed by atoms with Crippen LogP contribution in [0.2, 0.25) is 0 Å². The molecule has 0 spiro atoms. The Balaban J connectivity index is 2.41. The Morgan fingerprint density at radius 2 is 2.05 bits per heavy atom. The molecule has 0 aliphatic heterocycles. The molecule has 6 heteroatoms. The molecule has 0 fully saturated rings. The Morgan fingerprint density at radius 1 is 1.37 bits per heavy atom. The third kappa shape index (κ3) is 2.98. The molecule has 0 unspecified atom stereocenters. The predicted octanol–water partition coefficient (Wildman–Crippen LogP) is 1.53. The molecule has 2 N–H and O–H groups in total. The average molecular weight is 260 g/mol. The molecule has 0 aliphatic carbocycles. The van der Waals surface area contributed by atoms with Crippen LogP contribution < -0.4 is 10.3 Å². The number of aromatic carboxylic acids is 1. The second kappa shape index (κ2) is 5.34. The van der Waals surface area contributed by atoms with Gasteiger partial charge in [-0.3, -0.25) is 4.79 Å². The molecule has 1 aromatic carbocycles. The highest BCUT2D eigenvalue weighted by Gasteiger charge is 2.09. The van der Waals surface area contributed by atoms with Gasteiger partial charge in [-0.05, 0) is 31.2 Å². The molecule has 98 valence electrons. The first-order valence-electron chi connectivity index (χ1n) is 5.68. The first-order chi connectivity index (χ1) is 9.10. The third-order valence-electron chi connectivity index (χ3n) is 2.40. The van der Waals surface area contributed by atoms with Crippen LogP contribution in [0.1, 0.15) is 17.4 Å². The van der Waals surface area contributed by atoms with Crippen LogP contribution in [0.4, 0.5) is 0 Å². The van der Waals surface area contributed by atoms with Gasteiger partial charge >= 0.3 is 5.97 Å². The van der Waals surface area contributed by atoms with Crippen molar-refractivity contribution >= 4 is 5.97 Å². The summed E-state index contributed by atoms with van der Waals surface area (Å²) >= 11 is 0. The lowest BCUT2D eigenvalue weighted by molar-refractivity contribution is 0.0690. The molecule has 0 radical (unpaired) electrons. The van der Waals surface area contributed by atoms with Crippen molar-refractivity contribution in [1.82, 2.24) is 9.97 Å². The van der Waals surface area contributed by atoms with Crippen molar-refractivity contribution in [3.8, 4) is 17.1 Å². The van der Waals surface area contributed by atoms with Crippen LogP contribution in [0.15, 0.2) is 35.1 Å². The van der Waals surface area contributed by atoms with Crippen LogP contribution in [0.5, 0.6) is 5.75 Å². The highest BCUT2D eigenvalue weighted by Crippen LogP contribution is 2.18. The van der Waals surface area contributed by atoms with Crippen molar-refractivity contribution in [2.75, 3.05) is 6.61 Å². The Kier molecular flexibility index (Phi) is 3.61. The average Bonchev–Trinajstić information content (AvgIpc) is 2.39. The van der Waals surface area contributed by atoms with Gasteiger partial charge in [0.05, 0.1) is 6.61 Å². The summed E-state index contributed by atoms with van der Waals surface area (Å²) in [6.45, 7) is 2.44. The number of benzene rings is 1. The molecule has 0 saturated heterocycles. The van der Waals surface area contributed by atoms with Crippen LogP contribution in [0.3, 0.4) is 0 Å². The largest absolute Gasteiger partial charge is 0.494 e. The normalized spacial score (nSPS) is 10.2. The van der Waals surface area contributed by atoms with E-state index in [1.807, 2.05) is 6.92 Å². The zero-order chi connectivity index (χ0) is 13.8. The van der Waals surface area contributed by atoms with E-state index in [4.69, 9.17) is 9.84 Å². The monoisotopic (exact) mass is 260 g/mol. The number of carboxylic acid groups (broad SMARTS) is 1. The molecule has 1 aromatic heterocycles. The summed E-state index contributed by atoms with van der Waals surface area (Å²) in [5, 5.41) is 8.86. The lowest BCUT2D eigenvalue weighted by atomic mass is 10.2. The van der Waals surface area contributed by atoms with Gasteiger partial charge in [0.2, 0.25) is 0 Å². The number of carbonyl (C=O) groups is 1. The van der Waals surface area contributed by atoms with E-state index < -0.39 is 11.5 Å². The maximum absolute atomic E-state index is 11.4. The van der Waals surface area contributed by atoms with E-state index in [2.05, 4.69) is 9.97 Å². The number of nitrogens with zero attached hydrogens (tertiary/aromatic N) is 1. The highest BCUT2D eigenvalue weighted by atomic mass is 16.5. The number of nitrogens with one attached hydrogen (secondary N) is 1. The lowest BCUT2D eigenvalue weighted by Crippen LogP contribution is -2.13. The summed E-state index contributed by atoms with van der Waals surface area (Å²) in [4.78, 5) is 28.6. The fraction of sp³-hybridized carbons (Fsp3) is 0.154. The van der Waals surface area contributed by atoms with E-state index in [-0.39, 0.29) is 11.5 Å². The molecule has 19 heavy (non-hydrogen) atoms. The second-order valence-corrected chi connectivity index (χ2v) is 3.74. The number of hydrogen-bond acceptors (Lipinski definition) is 4. The molecule has 2 aromatic rings. The molecule has 1 heterocycles. The standard InChI is InChI=1S/C13H12N2O4/c1-2-19-9-5-3-8(4-6-9)12-14-10(13(17)18)7-11(16)15-12/h3-7H,2H2,1H3,(H,17,18)(H,14,15,16). The van der Waals surface area contributed by atoms with E-state index in [0.29, 0.717) is 17.9 Å². The molecule has 6 nitrogen and oxygen atoms in total. The summed E-state index contributed by atoms with van der Waals surface area (Å²) in [6.07, 6.45) is 0. The van der Waals surface area contributed by atoms with Gasteiger partial charge < -0.3 is 14.8 Å². The van der Waals surface area contributed by atoms with Crippen molar-refractivity contribution in [1.29, 1.82) is 0 Å². The van der Waals surface area contributed by atoms with E-state index in [1.54, 1.807) is 24.3 Å². The van der Waals surface area contributed by atoms with Gasteiger partial charge in [0.1, 0.15) is 11.6 Å². The van der Waals surface area contributed by atoms with Crippen molar-refractivity contribution in [3.05, 3.63) is 46.4 Å². The number of rotatable bonds is 4. The quantitative estimate of drug-likeness (QED) is 0.869. The van der Waals surface area contributed by atoms with Gasteiger partial charge in [0.25, 0.3) is 5.56 Å². The summed E-state index contributed by atoms with van der Waals surface area (Å²) in [5.41, 5.74) is -0.174. The molecule has 0 saturated carbocycles. The number of hydrogen-bond donors (Lipinski definition) is 2. The SMILES string of the molecule is CCOc1ccc(-c2nc(C(=O)O)cc(=O)[nH]2)cc1. The van der Waals surface area contributed by atoms with Crippen LogP contribution in [0.25, 0.3) is 11.4 Å². The number of aromatic amines is 1. The Bertz CT molecular complexity index is 646. The van der Waals surface area contributed by atoms with Crippen LogP contribution in [-0.2, 0) is 0 Å². The number of carboxylic acids is 1. The second-order valence-electron chi connectivity index (χ2n) is 3.74. The summed E-state index contributed by atoms with van der Waals surface area (Å²) in [6, 6.07) is 7.81. The predicted molar refractivity (Wildman–Crippen MR) is 68.4 cm³/mol. The van der Waals surface area contributed by atoms with E-state index in [1.165, 1.54) is 0 Å². The Labute approximate surface area is 108 Å². The maximum Gasteiger partial charge on any atom is 0.354 e. The highest BCUT2D eigenvalue weighted by molar-refractivity contribution is 5.85. The molecule has 0 aliphatic rings. The van der Waals surface area contributed by atoms with Crippen molar-refractivity contribution in [2.24, 2.45) is 0 Å². The fourth-order valence-corrected chi connectivity index (χ4v) is 1.58. The maximum atomic E-state index is 11.4. The van der Waals surface area contributed by atoms with Crippen LogP contribution in [-0.4, -0.2) is 27.7 Å². The number of aromatic nitrogens is 2. The smallest absolute Gasteiger partial charge is 0.354 e. The first kappa shape index (κ1) is 12.8.